The lowest BCUT2D eigenvalue weighted by Crippen LogP contribution is -2.15. The highest BCUT2D eigenvalue weighted by Crippen LogP contribution is 2.35. The molecule has 0 radical (unpaired) electrons. The first-order chi connectivity index (χ1) is 16.2. The molecule has 176 valence electrons. The van der Waals surface area contributed by atoms with Gasteiger partial charge in [0.2, 0.25) is 0 Å². The molecule has 0 spiro atoms. The first-order valence-electron chi connectivity index (χ1n) is 10.5. The van der Waals surface area contributed by atoms with E-state index in [9.17, 15) is 23.1 Å². The molecule has 0 aliphatic rings. The van der Waals surface area contributed by atoms with Gasteiger partial charge >= 0.3 is 12.1 Å². The van der Waals surface area contributed by atoms with E-state index in [1.807, 2.05) is 24.4 Å². The predicted molar refractivity (Wildman–Crippen MR) is 123 cm³/mol. The highest BCUT2D eigenvalue weighted by molar-refractivity contribution is 5.90. The van der Waals surface area contributed by atoms with Gasteiger partial charge in [-0.25, -0.2) is 9.78 Å². The molecule has 34 heavy (non-hydrogen) atoms. The Bertz CT molecular complexity index is 1360. The lowest BCUT2D eigenvalue weighted by Gasteiger charge is -2.15. The first-order valence-corrected chi connectivity index (χ1v) is 10.5. The number of halogens is 3. The number of alkyl halides is 3. The van der Waals surface area contributed by atoms with Crippen molar-refractivity contribution in [3.8, 4) is 28.1 Å². The van der Waals surface area contributed by atoms with Crippen LogP contribution in [0.4, 0.5) is 18.9 Å². The zero-order valence-corrected chi connectivity index (χ0v) is 18.5. The van der Waals surface area contributed by atoms with E-state index in [0.717, 1.165) is 16.7 Å². The van der Waals surface area contributed by atoms with Crippen LogP contribution in [0.3, 0.4) is 0 Å². The number of rotatable bonds is 7. The van der Waals surface area contributed by atoms with E-state index in [2.05, 4.69) is 10.3 Å². The number of aryl methyl sites for hydroxylation is 1. The van der Waals surface area contributed by atoms with Gasteiger partial charge in [0, 0.05) is 29.4 Å². The van der Waals surface area contributed by atoms with Crippen LogP contribution >= 0.6 is 0 Å². The molecule has 4 rings (SSSR count). The summed E-state index contributed by atoms with van der Waals surface area (Å²) in [6, 6.07) is 14.1. The van der Waals surface area contributed by atoms with Gasteiger partial charge in [0.25, 0.3) is 0 Å². The zero-order valence-electron chi connectivity index (χ0n) is 18.5. The fourth-order valence-corrected chi connectivity index (χ4v) is 3.86. The summed E-state index contributed by atoms with van der Waals surface area (Å²) in [5.74, 6) is -0.400. The number of methoxy groups -OCH3 is 1. The minimum atomic E-state index is -4.28. The molecule has 2 aromatic carbocycles. The van der Waals surface area contributed by atoms with Gasteiger partial charge < -0.3 is 15.2 Å². The van der Waals surface area contributed by atoms with Gasteiger partial charge in [-0.1, -0.05) is 24.3 Å². The van der Waals surface area contributed by atoms with Crippen molar-refractivity contribution < 1.29 is 27.8 Å². The smallest absolute Gasteiger partial charge is 0.390 e. The Morgan fingerprint density at radius 3 is 2.59 bits per heavy atom. The van der Waals surface area contributed by atoms with Crippen LogP contribution in [0.5, 0.6) is 5.75 Å². The number of carboxylic acid groups (broad SMARTS) is 1. The molecule has 0 aliphatic carbocycles. The molecule has 9 heteroatoms. The summed E-state index contributed by atoms with van der Waals surface area (Å²) in [5.41, 5.74) is 4.57. The van der Waals surface area contributed by atoms with Crippen molar-refractivity contribution in [2.24, 2.45) is 0 Å². The van der Waals surface area contributed by atoms with E-state index in [-0.39, 0.29) is 12.1 Å². The molecule has 0 atom stereocenters. The number of anilines is 1. The average molecular weight is 469 g/mol. The molecule has 0 saturated heterocycles. The van der Waals surface area contributed by atoms with Gasteiger partial charge in [0.05, 0.1) is 36.7 Å². The number of para-hydroxylation sites is 1. The van der Waals surface area contributed by atoms with Crippen LogP contribution in [0, 0.1) is 6.92 Å². The number of nitrogens with one attached hydrogen (secondary N) is 1. The molecule has 0 saturated carbocycles. The van der Waals surface area contributed by atoms with Gasteiger partial charge in [-0.2, -0.15) is 13.2 Å². The first kappa shape index (κ1) is 23.2. The van der Waals surface area contributed by atoms with Crippen molar-refractivity contribution in [3.63, 3.8) is 0 Å². The van der Waals surface area contributed by atoms with E-state index in [0.29, 0.717) is 28.3 Å². The van der Waals surface area contributed by atoms with Gasteiger partial charge in [0.1, 0.15) is 5.75 Å². The van der Waals surface area contributed by atoms with Crippen molar-refractivity contribution in [1.29, 1.82) is 0 Å². The molecule has 0 aliphatic heterocycles. The van der Waals surface area contributed by atoms with E-state index < -0.39 is 18.6 Å². The molecule has 2 heterocycles. The van der Waals surface area contributed by atoms with Gasteiger partial charge in [-0.15, -0.1) is 0 Å². The molecule has 0 fully saturated rings. The molecule has 4 aromatic rings. The third-order valence-electron chi connectivity index (χ3n) is 5.50. The van der Waals surface area contributed by atoms with Crippen LogP contribution in [0.15, 0.2) is 60.9 Å². The Hall–Kier alpha value is -4.01. The molecule has 2 aromatic heterocycles. The predicted octanol–water partition coefficient (Wildman–Crippen LogP) is 6.05. The quantitative estimate of drug-likeness (QED) is 0.345. The fraction of sp³-hybridized carbons (Fsp3) is 0.200. The number of ether oxygens (including phenoxy) is 1. The van der Waals surface area contributed by atoms with E-state index in [4.69, 9.17) is 4.74 Å². The molecule has 0 bridgehead atoms. The molecule has 0 unspecified atom stereocenters. The van der Waals surface area contributed by atoms with Crippen LogP contribution in [0.1, 0.15) is 22.3 Å². The number of nitrogens with zero attached hydrogens (tertiary/aromatic N) is 2. The summed E-state index contributed by atoms with van der Waals surface area (Å²) in [7, 11) is 1.55. The Kier molecular flexibility index (Phi) is 6.19. The summed E-state index contributed by atoms with van der Waals surface area (Å²) >= 11 is 0. The molecule has 0 amide bonds. The number of aromatic nitrogens is 2. The Labute approximate surface area is 193 Å². The van der Waals surface area contributed by atoms with Crippen molar-refractivity contribution >= 4 is 17.3 Å². The second-order valence-corrected chi connectivity index (χ2v) is 7.81. The maximum Gasteiger partial charge on any atom is 0.390 e. The third kappa shape index (κ3) is 4.68. The third-order valence-corrected chi connectivity index (χ3v) is 5.50. The number of carboxylic acids is 1. The van der Waals surface area contributed by atoms with Gasteiger partial charge in [-0.3, -0.25) is 4.40 Å². The fourth-order valence-electron chi connectivity index (χ4n) is 3.86. The molecular formula is C25H22F3N3O3. The average Bonchev–Trinajstić information content (AvgIpc) is 3.22. The highest BCUT2D eigenvalue weighted by Gasteiger charge is 2.26. The maximum atomic E-state index is 12.7. The van der Waals surface area contributed by atoms with Crippen LogP contribution in [-0.4, -0.2) is 40.3 Å². The van der Waals surface area contributed by atoms with E-state index >= 15 is 0 Å². The summed E-state index contributed by atoms with van der Waals surface area (Å²) in [5, 5.41) is 12.2. The van der Waals surface area contributed by atoms with E-state index in [1.54, 1.807) is 48.9 Å². The Balaban J connectivity index is 1.87. The molecule has 2 N–H and O–H groups in total. The number of aromatic carboxylic acids is 1. The summed E-state index contributed by atoms with van der Waals surface area (Å²) in [6.07, 6.45) is -1.81. The normalized spacial score (nSPS) is 11.6. The Morgan fingerprint density at radius 1 is 1.15 bits per heavy atom. The number of imidazole rings is 1. The lowest BCUT2D eigenvalue weighted by atomic mass is 10.0. The Morgan fingerprint density at radius 2 is 1.91 bits per heavy atom. The molecule has 6 nitrogen and oxygen atoms in total. The SMILES string of the molecule is COc1ccccc1-c1cc(NCCC(F)(F)F)c2ncc(-c3ccc(C(=O)O)c(C)c3)n2c1. The van der Waals surface area contributed by atoms with Crippen LogP contribution in [-0.2, 0) is 0 Å². The van der Waals surface area contributed by atoms with Crippen molar-refractivity contribution in [3.05, 3.63) is 72.1 Å². The summed E-state index contributed by atoms with van der Waals surface area (Å²) in [6.45, 7) is 1.41. The number of hydrogen-bond acceptors (Lipinski definition) is 4. The number of carbonyl (C=O) groups is 1. The summed E-state index contributed by atoms with van der Waals surface area (Å²) < 4.78 is 45.5. The number of fused-ring (bicyclic) bond motifs is 1. The lowest BCUT2D eigenvalue weighted by molar-refractivity contribution is -0.131. The van der Waals surface area contributed by atoms with Crippen LogP contribution in [0.2, 0.25) is 0 Å². The maximum absolute atomic E-state index is 12.7. The minimum Gasteiger partial charge on any atom is -0.496 e. The van der Waals surface area contributed by atoms with Gasteiger partial charge in [-0.05, 0) is 36.8 Å². The van der Waals surface area contributed by atoms with Crippen molar-refractivity contribution in [2.45, 2.75) is 19.5 Å². The minimum absolute atomic E-state index is 0.196. The molecular weight excluding hydrogens is 447 g/mol. The highest BCUT2D eigenvalue weighted by atomic mass is 19.4. The zero-order chi connectivity index (χ0) is 24.5. The van der Waals surface area contributed by atoms with Gasteiger partial charge in [0.15, 0.2) is 5.65 Å². The monoisotopic (exact) mass is 469 g/mol. The number of pyridine rings is 1. The second-order valence-electron chi connectivity index (χ2n) is 7.81. The van der Waals surface area contributed by atoms with Crippen LogP contribution < -0.4 is 10.1 Å². The summed E-state index contributed by atoms with van der Waals surface area (Å²) in [4.78, 5) is 15.8. The van der Waals surface area contributed by atoms with Crippen LogP contribution in [0.25, 0.3) is 28.0 Å². The number of benzene rings is 2. The van der Waals surface area contributed by atoms with E-state index in [1.165, 1.54) is 6.07 Å². The second kappa shape index (κ2) is 9.09. The number of hydrogen-bond donors (Lipinski definition) is 2. The topological polar surface area (TPSA) is 75.9 Å². The largest absolute Gasteiger partial charge is 0.496 e. The van der Waals surface area contributed by atoms with Crippen molar-refractivity contribution in [1.82, 2.24) is 9.38 Å². The standard InChI is InChI=1S/C25H22F3N3O3/c1-15-11-16(7-8-18(15)24(32)33)21-13-30-23-20(29-10-9-25(26,27)28)12-17(14-31(21)23)19-5-3-4-6-22(19)34-2/h3-8,11-14,29H,9-10H2,1-2H3,(H,32,33). The van der Waals surface area contributed by atoms with Crippen molar-refractivity contribution in [2.75, 3.05) is 19.0 Å².